The summed E-state index contributed by atoms with van der Waals surface area (Å²) in [6.07, 6.45) is 4.18. The van der Waals surface area contributed by atoms with E-state index in [0.717, 1.165) is 30.6 Å². The Bertz CT molecular complexity index is 688. The van der Waals surface area contributed by atoms with E-state index in [1.165, 1.54) is 0 Å². The fourth-order valence-corrected chi connectivity index (χ4v) is 2.98. The zero-order valence-corrected chi connectivity index (χ0v) is 11.9. The highest BCUT2D eigenvalue weighted by molar-refractivity contribution is 5.99. The molecule has 2 N–H and O–H groups in total. The second-order valence-electron chi connectivity index (χ2n) is 5.66. The Morgan fingerprint density at radius 3 is 2.90 bits per heavy atom. The topological polar surface area (TPSA) is 85.3 Å². The van der Waals surface area contributed by atoms with E-state index in [1.807, 2.05) is 12.1 Å². The van der Waals surface area contributed by atoms with E-state index in [1.54, 1.807) is 18.5 Å². The average molecular weight is 286 g/mol. The van der Waals surface area contributed by atoms with Gasteiger partial charge in [-0.05, 0) is 24.5 Å². The second-order valence-corrected chi connectivity index (χ2v) is 5.66. The molecule has 6 nitrogen and oxygen atoms in total. The Kier molecular flexibility index (Phi) is 3.47. The highest BCUT2D eigenvalue weighted by Gasteiger charge is 2.25. The van der Waals surface area contributed by atoms with Crippen molar-refractivity contribution in [1.82, 2.24) is 4.98 Å². The predicted molar refractivity (Wildman–Crippen MR) is 82.4 cm³/mol. The quantitative estimate of drug-likeness (QED) is 0.676. The highest BCUT2D eigenvalue weighted by Crippen LogP contribution is 2.34. The Hall–Kier alpha value is -2.21. The van der Waals surface area contributed by atoms with E-state index in [-0.39, 0.29) is 16.7 Å². The van der Waals surface area contributed by atoms with Crippen molar-refractivity contribution in [2.75, 3.05) is 18.0 Å². The molecule has 2 aromatic rings. The summed E-state index contributed by atoms with van der Waals surface area (Å²) in [6, 6.07) is 5.48. The predicted octanol–water partition coefficient (Wildman–Crippen LogP) is 2.32. The molecule has 0 radical (unpaired) electrons. The van der Waals surface area contributed by atoms with Crippen molar-refractivity contribution in [2.24, 2.45) is 11.7 Å². The van der Waals surface area contributed by atoms with Gasteiger partial charge in [-0.1, -0.05) is 6.92 Å². The molecule has 110 valence electrons. The van der Waals surface area contributed by atoms with E-state index in [0.29, 0.717) is 11.3 Å². The SMILES string of the molecule is CC1CN(c2ccc([N+](=O)[O-])c3cnccc23)CCC1N. The van der Waals surface area contributed by atoms with Crippen molar-refractivity contribution < 1.29 is 4.92 Å². The summed E-state index contributed by atoms with van der Waals surface area (Å²) >= 11 is 0. The molecule has 1 fully saturated rings. The Morgan fingerprint density at radius 1 is 1.38 bits per heavy atom. The number of nitro benzene ring substituents is 1. The number of rotatable bonds is 2. The Labute approximate surface area is 122 Å². The number of nitrogens with two attached hydrogens (primary N) is 1. The van der Waals surface area contributed by atoms with Crippen LogP contribution in [0, 0.1) is 16.0 Å². The first kappa shape index (κ1) is 13.8. The van der Waals surface area contributed by atoms with Crippen molar-refractivity contribution in [2.45, 2.75) is 19.4 Å². The molecule has 2 unspecified atom stereocenters. The van der Waals surface area contributed by atoms with Crippen molar-refractivity contribution in [3.05, 3.63) is 40.7 Å². The number of hydrogen-bond donors (Lipinski definition) is 1. The summed E-state index contributed by atoms with van der Waals surface area (Å²) in [5.74, 6) is 0.408. The van der Waals surface area contributed by atoms with Gasteiger partial charge in [0.1, 0.15) is 0 Å². The van der Waals surface area contributed by atoms with Gasteiger partial charge in [0, 0.05) is 48.7 Å². The number of pyridine rings is 1. The maximum absolute atomic E-state index is 11.1. The number of nitrogens with zero attached hydrogens (tertiary/aromatic N) is 3. The van der Waals surface area contributed by atoms with Crippen molar-refractivity contribution >= 4 is 22.1 Å². The Morgan fingerprint density at radius 2 is 2.19 bits per heavy atom. The van der Waals surface area contributed by atoms with Crippen molar-refractivity contribution in [3.63, 3.8) is 0 Å². The molecule has 0 bridgehead atoms. The van der Waals surface area contributed by atoms with E-state index >= 15 is 0 Å². The minimum Gasteiger partial charge on any atom is -0.371 e. The van der Waals surface area contributed by atoms with Crippen LogP contribution in [0.3, 0.4) is 0 Å². The minimum atomic E-state index is -0.359. The van der Waals surface area contributed by atoms with Crippen LogP contribution in [0.2, 0.25) is 0 Å². The van der Waals surface area contributed by atoms with E-state index < -0.39 is 0 Å². The summed E-state index contributed by atoms with van der Waals surface area (Å²) in [5, 5.41) is 12.6. The molecule has 0 spiro atoms. The Balaban J connectivity index is 2.08. The fraction of sp³-hybridized carbons (Fsp3) is 0.400. The largest absolute Gasteiger partial charge is 0.371 e. The summed E-state index contributed by atoms with van der Waals surface area (Å²) < 4.78 is 0. The summed E-state index contributed by atoms with van der Waals surface area (Å²) in [5.41, 5.74) is 7.19. The highest BCUT2D eigenvalue weighted by atomic mass is 16.6. The third-order valence-corrected chi connectivity index (χ3v) is 4.28. The first-order chi connectivity index (χ1) is 10.1. The number of hydrogen-bond acceptors (Lipinski definition) is 5. The molecule has 0 aliphatic carbocycles. The van der Waals surface area contributed by atoms with Crippen LogP contribution in [0.5, 0.6) is 0 Å². The van der Waals surface area contributed by atoms with E-state index in [9.17, 15) is 10.1 Å². The lowest BCUT2D eigenvalue weighted by molar-refractivity contribution is -0.383. The van der Waals surface area contributed by atoms with Crippen LogP contribution in [-0.2, 0) is 0 Å². The van der Waals surface area contributed by atoms with Gasteiger partial charge in [-0.15, -0.1) is 0 Å². The maximum Gasteiger partial charge on any atom is 0.278 e. The first-order valence-corrected chi connectivity index (χ1v) is 7.09. The average Bonchev–Trinajstić information content (AvgIpc) is 2.49. The van der Waals surface area contributed by atoms with E-state index in [2.05, 4.69) is 16.8 Å². The zero-order valence-electron chi connectivity index (χ0n) is 11.9. The van der Waals surface area contributed by atoms with Crippen LogP contribution >= 0.6 is 0 Å². The normalized spacial score (nSPS) is 22.5. The molecule has 3 rings (SSSR count). The first-order valence-electron chi connectivity index (χ1n) is 7.09. The maximum atomic E-state index is 11.1. The number of aromatic nitrogens is 1. The van der Waals surface area contributed by atoms with Gasteiger partial charge < -0.3 is 10.6 Å². The van der Waals surface area contributed by atoms with Crippen LogP contribution in [0.15, 0.2) is 30.6 Å². The fourth-order valence-electron chi connectivity index (χ4n) is 2.98. The third kappa shape index (κ3) is 2.42. The smallest absolute Gasteiger partial charge is 0.278 e. The molecule has 1 saturated heterocycles. The molecule has 0 saturated carbocycles. The lowest BCUT2D eigenvalue weighted by atomic mass is 9.94. The lowest BCUT2D eigenvalue weighted by Gasteiger charge is -2.37. The molecule has 1 aromatic heterocycles. The zero-order chi connectivity index (χ0) is 15.0. The number of anilines is 1. The van der Waals surface area contributed by atoms with Gasteiger partial charge in [-0.25, -0.2) is 0 Å². The second kappa shape index (κ2) is 5.29. The van der Waals surface area contributed by atoms with Gasteiger partial charge in [-0.3, -0.25) is 15.1 Å². The number of piperidine rings is 1. The van der Waals surface area contributed by atoms with Crippen LogP contribution in [0.4, 0.5) is 11.4 Å². The summed E-state index contributed by atoms with van der Waals surface area (Å²) in [6.45, 7) is 3.89. The summed E-state index contributed by atoms with van der Waals surface area (Å²) in [7, 11) is 0. The van der Waals surface area contributed by atoms with Gasteiger partial charge in [0.05, 0.1) is 10.3 Å². The molecular weight excluding hydrogens is 268 g/mol. The monoisotopic (exact) mass is 286 g/mol. The van der Waals surface area contributed by atoms with Crippen molar-refractivity contribution in [3.8, 4) is 0 Å². The molecule has 2 atom stereocenters. The van der Waals surface area contributed by atoms with Gasteiger partial charge in [0.25, 0.3) is 5.69 Å². The van der Waals surface area contributed by atoms with Crippen LogP contribution in [0.1, 0.15) is 13.3 Å². The minimum absolute atomic E-state index is 0.101. The molecule has 2 heterocycles. The molecule has 6 heteroatoms. The summed E-state index contributed by atoms with van der Waals surface area (Å²) in [4.78, 5) is 17.1. The molecule has 1 aliphatic heterocycles. The lowest BCUT2D eigenvalue weighted by Crippen LogP contribution is -2.46. The van der Waals surface area contributed by atoms with Gasteiger partial charge in [0.2, 0.25) is 0 Å². The van der Waals surface area contributed by atoms with E-state index in [4.69, 9.17) is 5.73 Å². The molecule has 0 amide bonds. The number of nitro groups is 1. The van der Waals surface area contributed by atoms with Crippen LogP contribution < -0.4 is 10.6 Å². The third-order valence-electron chi connectivity index (χ3n) is 4.28. The van der Waals surface area contributed by atoms with Crippen molar-refractivity contribution in [1.29, 1.82) is 0 Å². The molecule has 1 aliphatic rings. The standard InChI is InChI=1S/C15H18N4O2/c1-10-9-18(7-5-13(10)16)14-2-3-15(19(20)21)12-8-17-6-4-11(12)14/h2-4,6,8,10,13H,5,7,9,16H2,1H3. The van der Waals surface area contributed by atoms with Gasteiger partial charge >= 0.3 is 0 Å². The molecule has 21 heavy (non-hydrogen) atoms. The van der Waals surface area contributed by atoms with Gasteiger partial charge in [0.15, 0.2) is 0 Å². The van der Waals surface area contributed by atoms with Crippen LogP contribution in [-0.4, -0.2) is 29.0 Å². The number of non-ortho nitro benzene ring substituents is 1. The molecular formula is C15H18N4O2. The number of benzene rings is 1. The molecule has 1 aromatic carbocycles. The van der Waals surface area contributed by atoms with Crippen LogP contribution in [0.25, 0.3) is 10.8 Å². The number of fused-ring (bicyclic) bond motifs is 1. The van der Waals surface area contributed by atoms with Gasteiger partial charge in [-0.2, -0.15) is 0 Å².